The van der Waals surface area contributed by atoms with Crippen LogP contribution in [0.2, 0.25) is 0 Å². The first-order valence-electron chi connectivity index (χ1n) is 5.54. The summed E-state index contributed by atoms with van der Waals surface area (Å²) in [4.78, 5) is 17.0. The van der Waals surface area contributed by atoms with E-state index in [1.54, 1.807) is 23.7 Å². The van der Waals surface area contributed by atoms with Crippen LogP contribution < -0.4 is 5.32 Å². The first-order chi connectivity index (χ1) is 8.58. The van der Waals surface area contributed by atoms with Crippen LogP contribution in [0.15, 0.2) is 23.7 Å². The molecule has 18 heavy (non-hydrogen) atoms. The maximum Gasteiger partial charge on any atom is 0.255 e. The number of nitrogens with one attached hydrogen (secondary N) is 1. The molecule has 2 aromatic rings. The van der Waals surface area contributed by atoms with Gasteiger partial charge in [0, 0.05) is 4.88 Å². The molecule has 94 valence electrons. The normalized spacial score (nSPS) is 10.3. The van der Waals surface area contributed by atoms with Crippen LogP contribution in [0.3, 0.4) is 0 Å². The van der Waals surface area contributed by atoms with Gasteiger partial charge in [-0.3, -0.25) is 4.79 Å². The van der Waals surface area contributed by atoms with Crippen LogP contribution in [0.4, 0.5) is 0 Å². The monoisotopic (exact) mass is 262 g/mol. The molecule has 0 fully saturated rings. The predicted octanol–water partition coefficient (Wildman–Crippen LogP) is 2.40. The Bertz CT molecular complexity index is 578. The second kappa shape index (κ2) is 5.18. The third kappa shape index (κ3) is 2.68. The van der Waals surface area contributed by atoms with Gasteiger partial charge in [0.2, 0.25) is 0 Å². The Balaban J connectivity index is 2.06. The van der Waals surface area contributed by atoms with Crippen LogP contribution in [0.5, 0.6) is 5.75 Å². The Morgan fingerprint density at radius 2 is 2.22 bits per heavy atom. The molecule has 0 spiro atoms. The van der Waals surface area contributed by atoms with Crippen molar-refractivity contribution in [2.24, 2.45) is 0 Å². The smallest absolute Gasteiger partial charge is 0.255 e. The summed E-state index contributed by atoms with van der Waals surface area (Å²) in [6.45, 7) is 4.20. The number of amides is 1. The van der Waals surface area contributed by atoms with E-state index in [-0.39, 0.29) is 11.7 Å². The van der Waals surface area contributed by atoms with Crippen molar-refractivity contribution in [2.45, 2.75) is 20.4 Å². The van der Waals surface area contributed by atoms with Gasteiger partial charge in [-0.25, -0.2) is 4.98 Å². The van der Waals surface area contributed by atoms with E-state index in [1.165, 1.54) is 11.3 Å². The lowest BCUT2D eigenvalue weighted by Crippen LogP contribution is -2.22. The first-order valence-corrected chi connectivity index (χ1v) is 6.42. The van der Waals surface area contributed by atoms with Gasteiger partial charge >= 0.3 is 0 Å². The number of carbonyl (C=O) groups is 1. The van der Waals surface area contributed by atoms with Gasteiger partial charge in [0.05, 0.1) is 23.3 Å². The van der Waals surface area contributed by atoms with E-state index >= 15 is 0 Å². The number of aromatic nitrogens is 1. The van der Waals surface area contributed by atoms with Crippen LogP contribution in [0.25, 0.3) is 0 Å². The van der Waals surface area contributed by atoms with Gasteiger partial charge in [0.25, 0.3) is 5.91 Å². The predicted molar refractivity (Wildman–Crippen MR) is 70.9 cm³/mol. The fourth-order valence-corrected chi connectivity index (χ4v) is 2.30. The molecular weight excluding hydrogens is 248 g/mol. The van der Waals surface area contributed by atoms with Crippen molar-refractivity contribution in [3.8, 4) is 5.75 Å². The number of aromatic hydroxyl groups is 1. The van der Waals surface area contributed by atoms with E-state index in [9.17, 15) is 9.90 Å². The minimum atomic E-state index is -0.277. The van der Waals surface area contributed by atoms with Crippen LogP contribution >= 0.6 is 11.3 Å². The Labute approximate surface area is 109 Å². The van der Waals surface area contributed by atoms with E-state index in [0.717, 1.165) is 16.1 Å². The minimum Gasteiger partial charge on any atom is -0.507 e. The van der Waals surface area contributed by atoms with Crippen molar-refractivity contribution in [1.29, 1.82) is 0 Å². The third-order valence-electron chi connectivity index (χ3n) is 2.65. The van der Waals surface area contributed by atoms with Crippen LogP contribution in [-0.2, 0) is 6.54 Å². The quantitative estimate of drug-likeness (QED) is 0.892. The molecule has 2 N–H and O–H groups in total. The highest BCUT2D eigenvalue weighted by Gasteiger charge is 2.11. The third-order valence-corrected chi connectivity index (χ3v) is 3.59. The fourth-order valence-electron chi connectivity index (χ4n) is 1.59. The Morgan fingerprint density at radius 3 is 2.83 bits per heavy atom. The highest BCUT2D eigenvalue weighted by atomic mass is 32.1. The molecule has 0 radical (unpaired) electrons. The zero-order valence-corrected chi connectivity index (χ0v) is 11.0. The molecule has 0 aliphatic rings. The number of benzene rings is 1. The van der Waals surface area contributed by atoms with Gasteiger partial charge in [0.1, 0.15) is 5.75 Å². The number of thiazole rings is 1. The summed E-state index contributed by atoms with van der Waals surface area (Å²) in [5.41, 5.74) is 3.89. The summed E-state index contributed by atoms with van der Waals surface area (Å²) in [7, 11) is 0. The summed E-state index contributed by atoms with van der Waals surface area (Å²) >= 11 is 1.51. The van der Waals surface area contributed by atoms with Crippen LogP contribution in [0.1, 0.15) is 26.5 Å². The molecule has 2 rings (SSSR count). The Morgan fingerprint density at radius 1 is 1.44 bits per heavy atom. The SMILES string of the molecule is Cc1ccc(C(=O)NCc2scnc2C)c(O)c1. The van der Waals surface area contributed by atoms with Gasteiger partial charge in [-0.15, -0.1) is 11.3 Å². The standard InChI is InChI=1S/C13H14N2O2S/c1-8-3-4-10(11(16)5-8)13(17)14-6-12-9(2)15-7-18-12/h3-5,7,16H,6H2,1-2H3,(H,14,17). The lowest BCUT2D eigenvalue weighted by Gasteiger charge is -2.06. The number of aryl methyl sites for hydroxylation is 2. The number of carbonyl (C=O) groups excluding carboxylic acids is 1. The van der Waals surface area contributed by atoms with E-state index in [4.69, 9.17) is 0 Å². The first kappa shape index (κ1) is 12.6. The number of rotatable bonds is 3. The van der Waals surface area contributed by atoms with Crippen molar-refractivity contribution >= 4 is 17.2 Å². The molecule has 1 aromatic carbocycles. The summed E-state index contributed by atoms with van der Waals surface area (Å²) < 4.78 is 0. The molecule has 1 aromatic heterocycles. The van der Waals surface area contributed by atoms with Crippen molar-refractivity contribution in [1.82, 2.24) is 10.3 Å². The maximum absolute atomic E-state index is 11.9. The highest BCUT2D eigenvalue weighted by molar-refractivity contribution is 7.09. The van der Waals surface area contributed by atoms with Crippen LogP contribution in [0, 0.1) is 13.8 Å². The zero-order chi connectivity index (χ0) is 13.1. The van der Waals surface area contributed by atoms with Gasteiger partial charge in [-0.2, -0.15) is 0 Å². The molecular formula is C13H14N2O2S. The van der Waals surface area contributed by atoms with E-state index < -0.39 is 0 Å². The van der Waals surface area contributed by atoms with Gasteiger partial charge < -0.3 is 10.4 Å². The van der Waals surface area contributed by atoms with E-state index in [1.807, 2.05) is 13.8 Å². The molecule has 0 saturated heterocycles. The Hall–Kier alpha value is -1.88. The summed E-state index contributed by atoms with van der Waals surface area (Å²) in [5, 5.41) is 12.5. The van der Waals surface area contributed by atoms with Gasteiger partial charge in [0.15, 0.2) is 0 Å². The van der Waals surface area contributed by atoms with Gasteiger partial charge in [-0.05, 0) is 31.5 Å². The van der Waals surface area contributed by atoms with Crippen molar-refractivity contribution in [3.05, 3.63) is 45.4 Å². The average Bonchev–Trinajstić information content (AvgIpc) is 2.72. The van der Waals surface area contributed by atoms with Crippen molar-refractivity contribution < 1.29 is 9.90 Å². The molecule has 0 atom stereocenters. The maximum atomic E-state index is 11.9. The van der Waals surface area contributed by atoms with E-state index in [2.05, 4.69) is 10.3 Å². The summed E-state index contributed by atoms with van der Waals surface area (Å²) in [6.07, 6.45) is 0. The van der Waals surface area contributed by atoms with E-state index in [0.29, 0.717) is 12.1 Å². The summed E-state index contributed by atoms with van der Waals surface area (Å²) in [6, 6.07) is 5.00. The Kier molecular flexibility index (Phi) is 3.62. The van der Waals surface area contributed by atoms with Crippen LogP contribution in [-0.4, -0.2) is 16.0 Å². The lowest BCUT2D eigenvalue weighted by atomic mass is 10.1. The lowest BCUT2D eigenvalue weighted by molar-refractivity contribution is 0.0948. The molecule has 0 saturated carbocycles. The number of hydrogen-bond acceptors (Lipinski definition) is 4. The number of phenolic OH excluding ortho intramolecular Hbond substituents is 1. The number of hydrogen-bond donors (Lipinski definition) is 2. The number of phenols is 1. The molecule has 0 aliphatic heterocycles. The largest absolute Gasteiger partial charge is 0.507 e. The molecule has 0 aliphatic carbocycles. The molecule has 0 bridgehead atoms. The second-order valence-electron chi connectivity index (χ2n) is 4.06. The zero-order valence-electron chi connectivity index (χ0n) is 10.2. The summed E-state index contributed by atoms with van der Waals surface area (Å²) in [5.74, 6) is -0.270. The highest BCUT2D eigenvalue weighted by Crippen LogP contribution is 2.18. The topological polar surface area (TPSA) is 62.2 Å². The molecule has 4 nitrogen and oxygen atoms in total. The van der Waals surface area contributed by atoms with Crippen molar-refractivity contribution in [2.75, 3.05) is 0 Å². The molecule has 5 heteroatoms. The van der Waals surface area contributed by atoms with Gasteiger partial charge in [-0.1, -0.05) is 6.07 Å². The van der Waals surface area contributed by atoms with Crippen molar-refractivity contribution in [3.63, 3.8) is 0 Å². The second-order valence-corrected chi connectivity index (χ2v) is 5.00. The minimum absolute atomic E-state index is 0.00789. The molecule has 1 amide bonds. The molecule has 0 unspecified atom stereocenters. The average molecular weight is 262 g/mol. The molecule has 1 heterocycles. The number of nitrogens with zero attached hydrogens (tertiary/aromatic N) is 1. The fraction of sp³-hybridized carbons (Fsp3) is 0.231.